The van der Waals surface area contributed by atoms with Gasteiger partial charge in [-0.2, -0.15) is 0 Å². The molecule has 0 atom stereocenters. The smallest absolute Gasteiger partial charge is 0.385 e. The lowest BCUT2D eigenvalue weighted by Gasteiger charge is -1.99. The molecule has 0 N–H and O–H groups in total. The van der Waals surface area contributed by atoms with E-state index in [2.05, 4.69) is 4.98 Å². The Labute approximate surface area is 77.4 Å². The van der Waals surface area contributed by atoms with Crippen molar-refractivity contribution in [3.8, 4) is 5.75 Å². The molecule has 0 aromatic heterocycles. The lowest BCUT2D eigenvalue weighted by molar-refractivity contribution is -0.00000284. The zero-order valence-electron chi connectivity index (χ0n) is 6.91. The predicted molar refractivity (Wildman–Crippen MR) is 42.5 cm³/mol. The van der Waals surface area contributed by atoms with E-state index in [0.29, 0.717) is 5.69 Å². The maximum Gasteiger partial charge on any atom is 0.385 e. The number of rotatable bonds is 1. The lowest BCUT2D eigenvalue weighted by Crippen LogP contribution is -3.00. The molecule has 0 aliphatic rings. The van der Waals surface area contributed by atoms with Gasteiger partial charge in [0.05, 0.1) is 7.11 Å². The van der Waals surface area contributed by atoms with Gasteiger partial charge in [-0.1, -0.05) is 0 Å². The van der Waals surface area contributed by atoms with E-state index in [1.807, 2.05) is 6.92 Å². The zero-order valence-corrected chi connectivity index (χ0v) is 7.67. The first-order valence-electron chi connectivity index (χ1n) is 3.27. The van der Waals surface area contributed by atoms with Gasteiger partial charge in [-0.05, 0) is 18.6 Å². The van der Waals surface area contributed by atoms with Crippen LogP contribution in [0.2, 0.25) is 0 Å². The first-order valence-corrected chi connectivity index (χ1v) is 3.27. The second-order valence-corrected chi connectivity index (χ2v) is 2.25. The summed E-state index contributed by atoms with van der Waals surface area (Å²) in [7, 11) is 1.61. The van der Waals surface area contributed by atoms with Gasteiger partial charge in [0.15, 0.2) is 4.98 Å². The van der Waals surface area contributed by atoms with Crippen molar-refractivity contribution in [1.29, 1.82) is 5.39 Å². The summed E-state index contributed by atoms with van der Waals surface area (Å²) in [6, 6.07) is 5.20. The summed E-state index contributed by atoms with van der Waals surface area (Å²) in [5.74, 6) is 0.803. The van der Waals surface area contributed by atoms with Crippen LogP contribution in [-0.4, -0.2) is 7.11 Å². The van der Waals surface area contributed by atoms with Crippen LogP contribution in [0.4, 0.5) is 5.69 Å². The Morgan fingerprint density at radius 1 is 1.42 bits per heavy atom. The number of aryl methyl sites for hydroxylation is 1. The fourth-order valence-corrected chi connectivity index (χ4v) is 0.925. The molecule has 0 radical (unpaired) electrons. The van der Waals surface area contributed by atoms with Gasteiger partial charge in [0, 0.05) is 12.1 Å². The van der Waals surface area contributed by atoms with Crippen molar-refractivity contribution >= 4 is 5.69 Å². The minimum Gasteiger partial charge on any atom is -1.00 e. The molecule has 0 unspecified atom stereocenters. The Bertz CT molecular complexity index is 306. The van der Waals surface area contributed by atoms with Crippen molar-refractivity contribution in [2.45, 2.75) is 6.92 Å². The van der Waals surface area contributed by atoms with Gasteiger partial charge in [0.25, 0.3) is 0 Å². The molecule has 1 aromatic rings. The molecule has 3 nitrogen and oxygen atoms in total. The molecule has 4 heteroatoms. The zero-order chi connectivity index (χ0) is 8.27. The quantitative estimate of drug-likeness (QED) is 0.552. The second-order valence-electron chi connectivity index (χ2n) is 2.25. The molecule has 0 saturated carbocycles. The van der Waals surface area contributed by atoms with E-state index in [1.165, 1.54) is 0 Å². The standard InChI is InChI=1S/C8H9N2O.ClH/c1-6-5-7(10-9)3-4-8(6)11-2;/h3-5H,1-2H3;1H/q+1;/p-1. The third-order valence-corrected chi connectivity index (χ3v) is 1.49. The molecule has 0 bridgehead atoms. The summed E-state index contributed by atoms with van der Waals surface area (Å²) >= 11 is 0. The summed E-state index contributed by atoms with van der Waals surface area (Å²) in [5.41, 5.74) is 1.51. The Morgan fingerprint density at radius 2 is 2.08 bits per heavy atom. The van der Waals surface area contributed by atoms with Gasteiger partial charge in [-0.25, -0.2) is 0 Å². The van der Waals surface area contributed by atoms with Crippen LogP contribution < -0.4 is 17.1 Å². The van der Waals surface area contributed by atoms with Crippen molar-refractivity contribution < 1.29 is 17.1 Å². The maximum atomic E-state index is 8.41. The van der Waals surface area contributed by atoms with Crippen molar-refractivity contribution in [1.82, 2.24) is 0 Å². The molecule has 64 valence electrons. The fourth-order valence-electron chi connectivity index (χ4n) is 0.925. The van der Waals surface area contributed by atoms with Gasteiger partial charge in [0.2, 0.25) is 5.39 Å². The topological polar surface area (TPSA) is 37.4 Å². The first kappa shape index (κ1) is 10.7. The lowest BCUT2D eigenvalue weighted by atomic mass is 10.2. The van der Waals surface area contributed by atoms with Crippen LogP contribution in [0.3, 0.4) is 0 Å². The van der Waals surface area contributed by atoms with Gasteiger partial charge < -0.3 is 17.1 Å². The maximum absolute atomic E-state index is 8.41. The van der Waals surface area contributed by atoms with Crippen LogP contribution in [0.15, 0.2) is 18.2 Å². The molecule has 0 aliphatic heterocycles. The Hall–Kier alpha value is -1.27. The number of nitrogens with zero attached hydrogens (tertiary/aromatic N) is 2. The average Bonchev–Trinajstić information content (AvgIpc) is 2.04. The van der Waals surface area contributed by atoms with Crippen LogP contribution >= 0.6 is 0 Å². The number of hydrogen-bond acceptors (Lipinski definition) is 2. The number of diazo groups is 1. The molecule has 1 rings (SSSR count). The SMILES string of the molecule is COc1ccc([N+]#N)cc1C.[Cl-]. The highest BCUT2D eigenvalue weighted by molar-refractivity contribution is 5.50. The largest absolute Gasteiger partial charge is 1.00 e. The molecule has 0 amide bonds. The van der Waals surface area contributed by atoms with E-state index in [4.69, 9.17) is 10.1 Å². The normalized spacial score (nSPS) is 8.08. The minimum atomic E-state index is 0. The summed E-state index contributed by atoms with van der Waals surface area (Å²) in [5, 5.41) is 8.41. The predicted octanol–water partition coefficient (Wildman–Crippen LogP) is -0.508. The van der Waals surface area contributed by atoms with Crippen molar-refractivity contribution in [3.63, 3.8) is 0 Å². The van der Waals surface area contributed by atoms with Crippen LogP contribution in [-0.2, 0) is 0 Å². The third-order valence-electron chi connectivity index (χ3n) is 1.49. The Kier molecular flexibility index (Phi) is 4.09. The van der Waals surface area contributed by atoms with E-state index in [0.717, 1.165) is 11.3 Å². The molecular formula is C8H9ClN2O. The third kappa shape index (κ3) is 2.11. The molecule has 12 heavy (non-hydrogen) atoms. The molecule has 0 fully saturated rings. The minimum absolute atomic E-state index is 0. The molecule has 0 spiro atoms. The summed E-state index contributed by atoms with van der Waals surface area (Å²) in [6.07, 6.45) is 0. The molecule has 0 heterocycles. The molecule has 1 aromatic carbocycles. The van der Waals surface area contributed by atoms with E-state index in [9.17, 15) is 0 Å². The Morgan fingerprint density at radius 3 is 2.50 bits per heavy atom. The highest BCUT2D eigenvalue weighted by Gasteiger charge is 2.06. The van der Waals surface area contributed by atoms with Crippen LogP contribution in [0.5, 0.6) is 5.75 Å². The number of hydrogen-bond donors (Lipinski definition) is 0. The van der Waals surface area contributed by atoms with E-state index < -0.39 is 0 Å². The van der Waals surface area contributed by atoms with Gasteiger partial charge in [0.1, 0.15) is 5.75 Å². The van der Waals surface area contributed by atoms with Gasteiger partial charge >= 0.3 is 5.69 Å². The van der Waals surface area contributed by atoms with Gasteiger partial charge in [-0.15, -0.1) is 0 Å². The molecular weight excluding hydrogens is 176 g/mol. The average molecular weight is 185 g/mol. The van der Waals surface area contributed by atoms with Crippen LogP contribution in [0.1, 0.15) is 5.56 Å². The van der Waals surface area contributed by atoms with E-state index >= 15 is 0 Å². The summed E-state index contributed by atoms with van der Waals surface area (Å²) < 4.78 is 5.02. The van der Waals surface area contributed by atoms with Crippen LogP contribution in [0.25, 0.3) is 4.98 Å². The fraction of sp³-hybridized carbons (Fsp3) is 0.250. The first-order chi connectivity index (χ1) is 5.27. The summed E-state index contributed by atoms with van der Waals surface area (Å²) in [6.45, 7) is 1.90. The second kappa shape index (κ2) is 4.58. The molecule has 0 aliphatic carbocycles. The monoisotopic (exact) mass is 184 g/mol. The van der Waals surface area contributed by atoms with Gasteiger partial charge in [-0.3, -0.25) is 0 Å². The van der Waals surface area contributed by atoms with Crippen LogP contribution in [0, 0.1) is 12.3 Å². The summed E-state index contributed by atoms with van der Waals surface area (Å²) in [4.78, 5) is 3.05. The number of ether oxygens (including phenoxy) is 1. The van der Waals surface area contributed by atoms with Crippen molar-refractivity contribution in [2.75, 3.05) is 7.11 Å². The number of halogens is 1. The van der Waals surface area contributed by atoms with E-state index in [-0.39, 0.29) is 12.4 Å². The Balaban J connectivity index is 0.00000121. The highest BCUT2D eigenvalue weighted by Crippen LogP contribution is 2.22. The van der Waals surface area contributed by atoms with E-state index in [1.54, 1.807) is 25.3 Å². The molecule has 0 saturated heterocycles. The number of methoxy groups -OCH3 is 1. The van der Waals surface area contributed by atoms with Crippen molar-refractivity contribution in [3.05, 3.63) is 28.7 Å². The van der Waals surface area contributed by atoms with Crippen molar-refractivity contribution in [2.24, 2.45) is 0 Å². The number of benzene rings is 1. The highest BCUT2D eigenvalue weighted by atomic mass is 35.5.